The fraction of sp³-hybridized carbons (Fsp3) is 0.459. The first-order chi connectivity index (χ1) is 26.7. The van der Waals surface area contributed by atoms with Crippen molar-refractivity contribution in [1.82, 2.24) is 29.8 Å². The third-order valence-corrected chi connectivity index (χ3v) is 9.43. The van der Waals surface area contributed by atoms with Crippen LogP contribution >= 0.6 is 0 Å². The monoisotopic (exact) mass is 778 g/mol. The number of imide groups is 4. The molecule has 0 fully saturated rings. The number of nitrogens with zero attached hydrogens (tertiary/aromatic N) is 5. The predicted octanol–water partition coefficient (Wildman–Crippen LogP) is -1.08. The molecule has 56 heavy (non-hydrogen) atoms. The van der Waals surface area contributed by atoms with Gasteiger partial charge in [0.25, 0.3) is 47.3 Å². The molecule has 4 heterocycles. The second-order valence-corrected chi connectivity index (χ2v) is 13.4. The lowest BCUT2D eigenvalue weighted by Crippen LogP contribution is -2.49. The van der Waals surface area contributed by atoms with Gasteiger partial charge in [-0.2, -0.15) is 0 Å². The number of ketones is 1. The van der Waals surface area contributed by atoms with E-state index in [4.69, 9.17) is 5.11 Å². The number of Topliss-reactive ketones (excluding diaryl/α,β-unsaturated/α-hetero) is 1. The molecule has 10 amide bonds. The number of carboxylic acids is 1. The Morgan fingerprint density at radius 1 is 0.536 bits per heavy atom. The lowest BCUT2D eigenvalue weighted by Gasteiger charge is -2.29. The van der Waals surface area contributed by atoms with Crippen LogP contribution in [0.3, 0.4) is 0 Å². The van der Waals surface area contributed by atoms with Gasteiger partial charge in [0.2, 0.25) is 11.8 Å². The summed E-state index contributed by atoms with van der Waals surface area (Å²) in [6.45, 7) is -0.0846. The number of carbonyl (C=O) groups is 12. The Morgan fingerprint density at radius 3 is 1.43 bits per heavy atom. The Labute approximate surface area is 320 Å². The summed E-state index contributed by atoms with van der Waals surface area (Å²) in [4.78, 5) is 152. The smallest absolute Gasteiger partial charge is 0.303 e. The van der Waals surface area contributed by atoms with Crippen LogP contribution in [0.4, 0.5) is 0 Å². The Morgan fingerprint density at radius 2 is 0.964 bits per heavy atom. The van der Waals surface area contributed by atoms with E-state index < -0.39 is 83.5 Å². The molecule has 0 radical (unpaired) electrons. The molecule has 4 rings (SSSR count). The minimum atomic E-state index is -1.15. The molecular weight excluding hydrogens is 736 g/mol. The molecule has 19 nitrogen and oxygen atoms in total. The van der Waals surface area contributed by atoms with Gasteiger partial charge >= 0.3 is 5.97 Å². The topological polar surface area (TPSA) is 253 Å². The van der Waals surface area contributed by atoms with E-state index in [9.17, 15) is 57.5 Å². The summed E-state index contributed by atoms with van der Waals surface area (Å²) in [5.41, 5.74) is 0. The number of hydrogen-bond donors (Lipinski definition) is 2. The SMILES string of the molecule is O=C(O)CCC(=O)N(CCCCC(=O)CCC(CN1C(=O)C=CC1=O)N1C(=O)C=CC1=O)CCCNC(=O)CCC(CN1C(=O)C=CC1=O)N1C(=O)C=CC1=O. The van der Waals surface area contributed by atoms with Crippen molar-refractivity contribution in [1.29, 1.82) is 0 Å². The number of aliphatic carboxylic acids is 1. The van der Waals surface area contributed by atoms with Crippen molar-refractivity contribution >= 4 is 70.8 Å². The minimum absolute atomic E-state index is 0.0161. The van der Waals surface area contributed by atoms with E-state index >= 15 is 0 Å². The van der Waals surface area contributed by atoms with Crippen LogP contribution in [0.1, 0.15) is 64.2 Å². The first-order valence-corrected chi connectivity index (χ1v) is 18.1. The lowest BCUT2D eigenvalue weighted by molar-refractivity contribution is -0.145. The van der Waals surface area contributed by atoms with Gasteiger partial charge in [-0.05, 0) is 32.1 Å². The minimum Gasteiger partial charge on any atom is -0.481 e. The third-order valence-electron chi connectivity index (χ3n) is 9.43. The number of nitrogens with one attached hydrogen (secondary N) is 1. The van der Waals surface area contributed by atoms with Crippen molar-refractivity contribution in [2.45, 2.75) is 76.3 Å². The first-order valence-electron chi connectivity index (χ1n) is 18.1. The van der Waals surface area contributed by atoms with Gasteiger partial charge in [0, 0.05) is 93.9 Å². The molecular formula is C37H42N6O13. The lowest BCUT2D eigenvalue weighted by atomic mass is 10.0. The Balaban J connectivity index is 1.22. The normalized spacial score (nSPS) is 17.4. The van der Waals surface area contributed by atoms with Crippen molar-refractivity contribution in [3.05, 3.63) is 48.6 Å². The zero-order valence-corrected chi connectivity index (χ0v) is 30.5. The molecule has 0 saturated heterocycles. The average molecular weight is 779 g/mol. The maximum absolute atomic E-state index is 12.9. The van der Waals surface area contributed by atoms with Crippen LogP contribution in [0, 0.1) is 0 Å². The summed E-state index contributed by atoms with van der Waals surface area (Å²) in [5.74, 6) is -7.14. The highest BCUT2D eigenvalue weighted by atomic mass is 16.4. The second kappa shape index (κ2) is 19.8. The number of carbonyl (C=O) groups excluding carboxylic acids is 11. The number of hydrogen-bond acceptors (Lipinski definition) is 12. The molecule has 4 aliphatic rings. The fourth-order valence-electron chi connectivity index (χ4n) is 6.49. The van der Waals surface area contributed by atoms with Gasteiger partial charge in [-0.3, -0.25) is 77.1 Å². The van der Waals surface area contributed by atoms with Crippen LogP contribution in [0.5, 0.6) is 0 Å². The van der Waals surface area contributed by atoms with Crippen LogP contribution in [0.2, 0.25) is 0 Å². The van der Waals surface area contributed by atoms with Crippen molar-refractivity contribution in [3.63, 3.8) is 0 Å². The van der Waals surface area contributed by atoms with Gasteiger partial charge in [0.15, 0.2) is 0 Å². The van der Waals surface area contributed by atoms with Crippen LogP contribution < -0.4 is 5.32 Å². The molecule has 0 bridgehead atoms. The van der Waals surface area contributed by atoms with Crippen molar-refractivity contribution < 1.29 is 62.6 Å². The molecule has 2 N–H and O–H groups in total. The standard InChI is InChI=1S/C37H42N6O13/c44-26(7-5-24(42-33(51)13-14-34(42)52)22-40-29(47)9-10-30(40)48)4-1-2-20-39(28(46)17-18-37(55)56)21-3-19-38-27(45)8-6-25(43-35(53)15-16-36(43)54)23-41-31(49)11-12-32(41)50/h9-16,24-25H,1-8,17-23H2,(H,38,45)(H,55,56). The molecule has 0 saturated carbocycles. The van der Waals surface area contributed by atoms with Crippen molar-refractivity contribution in [2.75, 3.05) is 32.7 Å². The van der Waals surface area contributed by atoms with Gasteiger partial charge in [0.1, 0.15) is 5.78 Å². The molecule has 0 aliphatic carbocycles. The van der Waals surface area contributed by atoms with Crippen LogP contribution in [-0.4, -0.2) is 145 Å². The molecule has 2 unspecified atom stereocenters. The molecule has 0 spiro atoms. The first kappa shape index (κ1) is 42.3. The largest absolute Gasteiger partial charge is 0.481 e. The van der Waals surface area contributed by atoms with Crippen molar-refractivity contribution in [3.8, 4) is 0 Å². The molecule has 0 aromatic heterocycles. The Bertz CT molecular complexity index is 1630. The molecule has 0 aromatic carbocycles. The van der Waals surface area contributed by atoms with Crippen LogP contribution in [0.15, 0.2) is 48.6 Å². The number of unbranched alkanes of at least 4 members (excludes halogenated alkanes) is 1. The Kier molecular flexibility index (Phi) is 15.0. The van der Waals surface area contributed by atoms with Crippen molar-refractivity contribution in [2.24, 2.45) is 0 Å². The zero-order chi connectivity index (χ0) is 40.9. The molecule has 298 valence electrons. The summed E-state index contributed by atoms with van der Waals surface area (Å²) >= 11 is 0. The quantitative estimate of drug-likeness (QED) is 0.0875. The van der Waals surface area contributed by atoms with E-state index in [2.05, 4.69) is 5.32 Å². The number of carboxylic acid groups (broad SMARTS) is 1. The van der Waals surface area contributed by atoms with E-state index in [1.807, 2.05) is 0 Å². The Hall–Kier alpha value is -6.40. The summed E-state index contributed by atoms with van der Waals surface area (Å²) in [6, 6.07) is -1.86. The summed E-state index contributed by atoms with van der Waals surface area (Å²) < 4.78 is 0. The van der Waals surface area contributed by atoms with Crippen LogP contribution in [-0.2, 0) is 57.5 Å². The number of amides is 10. The summed E-state index contributed by atoms with van der Waals surface area (Å²) in [7, 11) is 0. The van der Waals surface area contributed by atoms with E-state index in [0.29, 0.717) is 12.8 Å². The number of rotatable bonds is 24. The molecule has 4 aliphatic heterocycles. The molecule has 0 aromatic rings. The van der Waals surface area contributed by atoms with E-state index in [0.717, 1.165) is 68.2 Å². The second-order valence-electron chi connectivity index (χ2n) is 13.4. The zero-order valence-electron chi connectivity index (χ0n) is 30.5. The maximum Gasteiger partial charge on any atom is 0.303 e. The van der Waals surface area contributed by atoms with Gasteiger partial charge in [0.05, 0.1) is 31.6 Å². The maximum atomic E-state index is 12.9. The van der Waals surface area contributed by atoms with Gasteiger partial charge in [-0.1, -0.05) is 0 Å². The van der Waals surface area contributed by atoms with Crippen LogP contribution in [0.25, 0.3) is 0 Å². The third kappa shape index (κ3) is 11.6. The molecule has 19 heteroatoms. The van der Waals surface area contributed by atoms with E-state index in [-0.39, 0.29) is 83.5 Å². The van der Waals surface area contributed by atoms with Gasteiger partial charge in [-0.25, -0.2) is 0 Å². The highest BCUT2D eigenvalue weighted by Crippen LogP contribution is 2.20. The fourth-order valence-corrected chi connectivity index (χ4v) is 6.49. The highest BCUT2D eigenvalue weighted by Gasteiger charge is 2.37. The molecule has 2 atom stereocenters. The average Bonchev–Trinajstić information content (AvgIpc) is 3.88. The predicted molar refractivity (Wildman–Crippen MR) is 190 cm³/mol. The highest BCUT2D eigenvalue weighted by molar-refractivity contribution is 6.15. The van der Waals surface area contributed by atoms with Gasteiger partial charge < -0.3 is 15.3 Å². The summed E-state index contributed by atoms with van der Waals surface area (Å²) in [6.07, 6.45) is 8.76. The summed E-state index contributed by atoms with van der Waals surface area (Å²) in [5, 5.41) is 11.8. The van der Waals surface area contributed by atoms with Gasteiger partial charge in [-0.15, -0.1) is 0 Å². The van der Waals surface area contributed by atoms with E-state index in [1.54, 1.807) is 0 Å². The van der Waals surface area contributed by atoms with E-state index in [1.165, 1.54) is 4.90 Å².